The molecule has 1 fully saturated rings. The predicted octanol–water partition coefficient (Wildman–Crippen LogP) is 3.64. The number of aromatic nitrogens is 2. The number of hydrogen-bond acceptors (Lipinski definition) is 4. The molecule has 1 aromatic heterocycles. The van der Waals surface area contributed by atoms with Crippen molar-refractivity contribution in [3.8, 4) is 11.3 Å². The first-order valence-corrected chi connectivity index (χ1v) is 8.20. The van der Waals surface area contributed by atoms with Crippen LogP contribution in [-0.2, 0) is 0 Å². The Morgan fingerprint density at radius 1 is 1.26 bits per heavy atom. The Bertz CT molecular complexity index is 713. The van der Waals surface area contributed by atoms with Crippen molar-refractivity contribution in [3.05, 3.63) is 41.0 Å². The lowest BCUT2D eigenvalue weighted by Crippen LogP contribution is -2.23. The summed E-state index contributed by atoms with van der Waals surface area (Å²) in [4.78, 5) is 20.1. The highest BCUT2D eigenvalue weighted by Crippen LogP contribution is 2.28. The van der Waals surface area contributed by atoms with E-state index in [4.69, 9.17) is 17.3 Å². The summed E-state index contributed by atoms with van der Waals surface area (Å²) in [5, 5.41) is 3.83. The van der Waals surface area contributed by atoms with Gasteiger partial charge in [0.2, 0.25) is 11.9 Å². The van der Waals surface area contributed by atoms with Crippen LogP contribution in [0.3, 0.4) is 0 Å². The van der Waals surface area contributed by atoms with E-state index in [-0.39, 0.29) is 0 Å². The lowest BCUT2D eigenvalue weighted by Gasteiger charge is -2.22. The number of nitrogens with one attached hydrogen (secondary N) is 1. The molecule has 3 N–H and O–H groups in total. The van der Waals surface area contributed by atoms with Crippen LogP contribution in [0.5, 0.6) is 0 Å². The molecule has 0 aliphatic heterocycles. The predicted molar refractivity (Wildman–Crippen MR) is 91.5 cm³/mol. The van der Waals surface area contributed by atoms with Gasteiger partial charge in [-0.25, -0.2) is 9.97 Å². The van der Waals surface area contributed by atoms with E-state index in [1.807, 2.05) is 6.07 Å². The number of amides is 1. The van der Waals surface area contributed by atoms with Gasteiger partial charge in [0, 0.05) is 17.2 Å². The molecule has 0 saturated heterocycles. The molecular weight excluding hydrogens is 312 g/mol. The summed E-state index contributed by atoms with van der Waals surface area (Å²) >= 11 is 6.24. The van der Waals surface area contributed by atoms with Crippen molar-refractivity contribution in [1.29, 1.82) is 0 Å². The standard InChI is InChI=1S/C17H19ClN4O/c18-14-10-20-17(21-13-7-2-1-3-8-13)22-15(14)11-5-4-6-12(9-11)16(19)23/h4-6,9-10,13H,1-3,7-8H2,(H2,19,23)(H,20,21,22). The van der Waals surface area contributed by atoms with Crippen molar-refractivity contribution < 1.29 is 4.79 Å². The average molecular weight is 331 g/mol. The largest absolute Gasteiger partial charge is 0.366 e. The zero-order chi connectivity index (χ0) is 16.2. The lowest BCUT2D eigenvalue weighted by molar-refractivity contribution is 0.100. The molecule has 1 aromatic carbocycles. The van der Waals surface area contributed by atoms with Gasteiger partial charge in [0.05, 0.1) is 16.9 Å². The van der Waals surface area contributed by atoms with Crippen molar-refractivity contribution in [2.45, 2.75) is 38.1 Å². The van der Waals surface area contributed by atoms with Gasteiger partial charge in [-0.05, 0) is 25.0 Å². The molecule has 1 heterocycles. The number of primary amides is 1. The third kappa shape index (κ3) is 3.79. The van der Waals surface area contributed by atoms with Gasteiger partial charge in [0.25, 0.3) is 0 Å². The van der Waals surface area contributed by atoms with E-state index in [9.17, 15) is 4.79 Å². The summed E-state index contributed by atoms with van der Waals surface area (Å²) in [6.45, 7) is 0. The third-order valence-electron chi connectivity index (χ3n) is 4.10. The SMILES string of the molecule is NC(=O)c1cccc(-c2nc(NC3CCCCC3)ncc2Cl)c1. The van der Waals surface area contributed by atoms with Gasteiger partial charge >= 0.3 is 0 Å². The number of rotatable bonds is 4. The topological polar surface area (TPSA) is 80.9 Å². The molecule has 0 spiro atoms. The Kier molecular flexibility index (Phi) is 4.76. The molecule has 3 rings (SSSR count). The van der Waals surface area contributed by atoms with Gasteiger partial charge in [-0.15, -0.1) is 0 Å². The molecular formula is C17H19ClN4O. The maximum Gasteiger partial charge on any atom is 0.248 e. The smallest absolute Gasteiger partial charge is 0.248 e. The van der Waals surface area contributed by atoms with Crippen molar-refractivity contribution in [2.75, 3.05) is 5.32 Å². The lowest BCUT2D eigenvalue weighted by atomic mass is 9.96. The molecule has 0 radical (unpaired) electrons. The van der Waals surface area contributed by atoms with Gasteiger partial charge in [0.15, 0.2) is 0 Å². The highest BCUT2D eigenvalue weighted by Gasteiger charge is 2.16. The molecule has 5 nitrogen and oxygen atoms in total. The molecule has 1 saturated carbocycles. The molecule has 6 heteroatoms. The Labute approximate surface area is 140 Å². The fourth-order valence-corrected chi connectivity index (χ4v) is 3.09. The average Bonchev–Trinajstić information content (AvgIpc) is 2.57. The summed E-state index contributed by atoms with van der Waals surface area (Å²) in [5.74, 6) is 0.0957. The molecule has 0 atom stereocenters. The Balaban J connectivity index is 1.88. The molecule has 23 heavy (non-hydrogen) atoms. The minimum atomic E-state index is -0.474. The first kappa shape index (κ1) is 15.7. The second kappa shape index (κ2) is 6.96. The van der Waals surface area contributed by atoms with Crippen molar-refractivity contribution in [2.24, 2.45) is 5.73 Å². The van der Waals surface area contributed by atoms with Crippen LogP contribution < -0.4 is 11.1 Å². The Morgan fingerprint density at radius 3 is 2.78 bits per heavy atom. The van der Waals surface area contributed by atoms with Crippen LogP contribution in [0.1, 0.15) is 42.5 Å². The second-order valence-electron chi connectivity index (χ2n) is 5.81. The van der Waals surface area contributed by atoms with E-state index in [1.165, 1.54) is 19.3 Å². The molecule has 2 aromatic rings. The maximum atomic E-state index is 11.3. The zero-order valence-corrected chi connectivity index (χ0v) is 13.5. The number of nitrogens with zero attached hydrogens (tertiary/aromatic N) is 2. The maximum absolute atomic E-state index is 11.3. The van der Waals surface area contributed by atoms with Gasteiger partial charge in [-0.2, -0.15) is 0 Å². The number of benzene rings is 1. The summed E-state index contributed by atoms with van der Waals surface area (Å²) in [5.41, 5.74) is 7.12. The van der Waals surface area contributed by atoms with Crippen LogP contribution in [0.2, 0.25) is 5.02 Å². The van der Waals surface area contributed by atoms with Crippen LogP contribution in [0.4, 0.5) is 5.95 Å². The molecule has 0 bridgehead atoms. The van der Waals surface area contributed by atoms with E-state index in [0.717, 1.165) is 18.4 Å². The van der Waals surface area contributed by atoms with Gasteiger partial charge < -0.3 is 11.1 Å². The number of hydrogen-bond donors (Lipinski definition) is 2. The monoisotopic (exact) mass is 330 g/mol. The van der Waals surface area contributed by atoms with E-state index < -0.39 is 5.91 Å². The van der Waals surface area contributed by atoms with Crippen molar-refractivity contribution in [3.63, 3.8) is 0 Å². The van der Waals surface area contributed by atoms with Gasteiger partial charge in [0.1, 0.15) is 0 Å². The Morgan fingerprint density at radius 2 is 2.04 bits per heavy atom. The number of anilines is 1. The van der Waals surface area contributed by atoms with E-state index >= 15 is 0 Å². The highest BCUT2D eigenvalue weighted by atomic mass is 35.5. The first-order chi connectivity index (χ1) is 11.1. The summed E-state index contributed by atoms with van der Waals surface area (Å²) in [6.07, 6.45) is 7.63. The summed E-state index contributed by atoms with van der Waals surface area (Å²) in [6, 6.07) is 7.39. The second-order valence-corrected chi connectivity index (χ2v) is 6.22. The van der Waals surface area contributed by atoms with Crippen LogP contribution in [0.25, 0.3) is 11.3 Å². The molecule has 1 aliphatic rings. The van der Waals surface area contributed by atoms with E-state index in [2.05, 4.69) is 15.3 Å². The normalized spacial score (nSPS) is 15.3. The van der Waals surface area contributed by atoms with Crippen molar-refractivity contribution >= 4 is 23.5 Å². The summed E-state index contributed by atoms with van der Waals surface area (Å²) in [7, 11) is 0. The number of carbonyl (C=O) groups excluding carboxylic acids is 1. The van der Waals surface area contributed by atoms with Crippen LogP contribution in [-0.4, -0.2) is 21.9 Å². The van der Waals surface area contributed by atoms with Crippen LogP contribution >= 0.6 is 11.6 Å². The van der Waals surface area contributed by atoms with E-state index in [1.54, 1.807) is 24.4 Å². The number of nitrogens with two attached hydrogens (primary N) is 1. The van der Waals surface area contributed by atoms with Gasteiger partial charge in [-0.1, -0.05) is 43.0 Å². The number of halogens is 1. The highest BCUT2D eigenvalue weighted by molar-refractivity contribution is 6.32. The van der Waals surface area contributed by atoms with E-state index in [0.29, 0.717) is 28.3 Å². The third-order valence-corrected chi connectivity index (χ3v) is 4.38. The first-order valence-electron chi connectivity index (χ1n) is 7.83. The number of carbonyl (C=O) groups is 1. The quantitative estimate of drug-likeness (QED) is 0.896. The van der Waals surface area contributed by atoms with Crippen LogP contribution in [0.15, 0.2) is 30.5 Å². The van der Waals surface area contributed by atoms with Crippen LogP contribution in [0, 0.1) is 0 Å². The summed E-state index contributed by atoms with van der Waals surface area (Å²) < 4.78 is 0. The molecule has 1 aliphatic carbocycles. The zero-order valence-electron chi connectivity index (χ0n) is 12.8. The minimum absolute atomic E-state index is 0.412. The minimum Gasteiger partial charge on any atom is -0.366 e. The fourth-order valence-electron chi connectivity index (χ4n) is 2.89. The molecule has 120 valence electrons. The Hall–Kier alpha value is -2.14. The molecule has 1 amide bonds. The fraction of sp³-hybridized carbons (Fsp3) is 0.353. The van der Waals surface area contributed by atoms with Gasteiger partial charge in [-0.3, -0.25) is 4.79 Å². The van der Waals surface area contributed by atoms with Crippen molar-refractivity contribution in [1.82, 2.24) is 9.97 Å². The molecule has 0 unspecified atom stereocenters.